The van der Waals surface area contributed by atoms with Crippen LogP contribution in [0.5, 0.6) is 0 Å². The van der Waals surface area contributed by atoms with Crippen molar-refractivity contribution in [2.24, 2.45) is 0 Å². The Morgan fingerprint density at radius 2 is 1.75 bits per heavy atom. The van der Waals surface area contributed by atoms with E-state index in [2.05, 4.69) is 4.90 Å². The second kappa shape index (κ2) is 5.83. The lowest BCUT2D eigenvalue weighted by atomic mass is 10.0. The molecule has 0 spiro atoms. The van der Waals surface area contributed by atoms with Crippen LogP contribution in [0.2, 0.25) is 0 Å². The number of rotatable bonds is 2. The van der Waals surface area contributed by atoms with E-state index in [-0.39, 0.29) is 0 Å². The predicted octanol–water partition coefficient (Wildman–Crippen LogP) is 2.27. The highest BCUT2D eigenvalue weighted by Crippen LogP contribution is 2.20. The maximum atomic E-state index is 13.6. The van der Waals surface area contributed by atoms with Crippen LogP contribution < -0.4 is 0 Å². The first kappa shape index (κ1) is 14.8. The van der Waals surface area contributed by atoms with Crippen LogP contribution in [0.25, 0.3) is 0 Å². The summed E-state index contributed by atoms with van der Waals surface area (Å²) in [6, 6.07) is 2.15. The molecule has 20 heavy (non-hydrogen) atoms. The Labute approximate surface area is 116 Å². The van der Waals surface area contributed by atoms with Crippen molar-refractivity contribution in [2.45, 2.75) is 18.9 Å². The minimum Gasteiger partial charge on any atom is -0.338 e. The van der Waals surface area contributed by atoms with Crippen molar-refractivity contribution >= 4 is 5.91 Å². The molecule has 110 valence electrons. The highest BCUT2D eigenvalue weighted by atomic mass is 19.2. The molecule has 2 rings (SSSR count). The maximum Gasteiger partial charge on any atom is 0.256 e. The quantitative estimate of drug-likeness (QED) is 0.779. The highest BCUT2D eigenvalue weighted by Gasteiger charge is 2.27. The Morgan fingerprint density at radius 1 is 1.15 bits per heavy atom. The van der Waals surface area contributed by atoms with Crippen LogP contribution in [0.3, 0.4) is 0 Å². The maximum absolute atomic E-state index is 13.6. The van der Waals surface area contributed by atoms with E-state index >= 15 is 0 Å². The molecule has 1 aliphatic heterocycles. The Hall–Kier alpha value is -1.56. The van der Waals surface area contributed by atoms with Gasteiger partial charge >= 0.3 is 0 Å². The molecule has 0 bridgehead atoms. The molecule has 1 amide bonds. The molecule has 6 heteroatoms. The average molecular weight is 286 g/mol. The molecule has 0 aromatic heterocycles. The fourth-order valence-corrected chi connectivity index (χ4v) is 2.45. The SMILES string of the molecule is CN(C)C1CCN(C(=O)c2ccc(F)c(F)c2F)CC1. The van der Waals surface area contributed by atoms with Gasteiger partial charge in [-0.3, -0.25) is 4.79 Å². The monoisotopic (exact) mass is 286 g/mol. The van der Waals surface area contributed by atoms with Crippen LogP contribution >= 0.6 is 0 Å². The Bertz CT molecular complexity index is 511. The number of hydrogen-bond donors (Lipinski definition) is 0. The van der Waals surface area contributed by atoms with Crippen molar-refractivity contribution in [3.63, 3.8) is 0 Å². The molecule has 0 radical (unpaired) electrons. The van der Waals surface area contributed by atoms with Gasteiger partial charge in [-0.1, -0.05) is 0 Å². The number of benzene rings is 1. The van der Waals surface area contributed by atoms with Crippen molar-refractivity contribution in [1.29, 1.82) is 0 Å². The molecule has 1 fully saturated rings. The number of piperidine rings is 1. The number of likely N-dealkylation sites (tertiary alicyclic amines) is 1. The summed E-state index contributed by atoms with van der Waals surface area (Å²) < 4.78 is 39.6. The summed E-state index contributed by atoms with van der Waals surface area (Å²) in [6.45, 7) is 0.972. The van der Waals surface area contributed by atoms with Crippen molar-refractivity contribution in [3.05, 3.63) is 35.1 Å². The lowest BCUT2D eigenvalue weighted by Gasteiger charge is -2.35. The van der Waals surface area contributed by atoms with Gasteiger partial charge < -0.3 is 9.80 Å². The number of carbonyl (C=O) groups excluding carboxylic acids is 1. The molecule has 0 aliphatic carbocycles. The topological polar surface area (TPSA) is 23.6 Å². The lowest BCUT2D eigenvalue weighted by Crippen LogP contribution is -2.44. The number of amides is 1. The van der Waals surface area contributed by atoms with Crippen molar-refractivity contribution in [2.75, 3.05) is 27.2 Å². The first-order chi connectivity index (χ1) is 9.41. The van der Waals surface area contributed by atoms with Gasteiger partial charge in [-0.25, -0.2) is 13.2 Å². The smallest absolute Gasteiger partial charge is 0.256 e. The van der Waals surface area contributed by atoms with Gasteiger partial charge in [-0.15, -0.1) is 0 Å². The van der Waals surface area contributed by atoms with Gasteiger partial charge in [0.15, 0.2) is 17.5 Å². The summed E-state index contributed by atoms with van der Waals surface area (Å²) in [6.07, 6.45) is 1.56. The summed E-state index contributed by atoms with van der Waals surface area (Å²) in [5.41, 5.74) is -0.410. The van der Waals surface area contributed by atoms with Crippen LogP contribution in [0.4, 0.5) is 13.2 Å². The van der Waals surface area contributed by atoms with Gasteiger partial charge in [-0.05, 0) is 39.1 Å². The minimum atomic E-state index is -1.60. The second-order valence-corrected chi connectivity index (χ2v) is 5.21. The average Bonchev–Trinajstić information content (AvgIpc) is 2.44. The molecule has 1 saturated heterocycles. The first-order valence-corrected chi connectivity index (χ1v) is 6.51. The number of halogens is 3. The molecule has 1 aromatic carbocycles. The zero-order valence-corrected chi connectivity index (χ0v) is 11.5. The molecule has 0 saturated carbocycles. The van der Waals surface area contributed by atoms with Crippen molar-refractivity contribution in [3.8, 4) is 0 Å². The Morgan fingerprint density at radius 3 is 2.30 bits per heavy atom. The zero-order chi connectivity index (χ0) is 14.9. The van der Waals surface area contributed by atoms with E-state index in [4.69, 9.17) is 0 Å². The van der Waals surface area contributed by atoms with E-state index in [1.807, 2.05) is 14.1 Å². The first-order valence-electron chi connectivity index (χ1n) is 6.51. The summed E-state index contributed by atoms with van der Waals surface area (Å²) >= 11 is 0. The van der Waals surface area contributed by atoms with E-state index in [1.54, 1.807) is 0 Å². The van der Waals surface area contributed by atoms with Crippen LogP contribution in [0.1, 0.15) is 23.2 Å². The fourth-order valence-electron chi connectivity index (χ4n) is 2.45. The third-order valence-corrected chi connectivity index (χ3v) is 3.75. The van der Waals surface area contributed by atoms with Gasteiger partial charge in [0.25, 0.3) is 5.91 Å². The van der Waals surface area contributed by atoms with Crippen LogP contribution in [-0.2, 0) is 0 Å². The third kappa shape index (κ3) is 2.80. The van der Waals surface area contributed by atoms with Gasteiger partial charge in [0.05, 0.1) is 5.56 Å². The Balaban J connectivity index is 2.12. The second-order valence-electron chi connectivity index (χ2n) is 5.21. The van der Waals surface area contributed by atoms with Crippen LogP contribution in [0, 0.1) is 17.5 Å². The summed E-state index contributed by atoms with van der Waals surface area (Å²) in [5, 5.41) is 0. The minimum absolute atomic E-state index is 0.383. The molecule has 1 aromatic rings. The normalized spacial score (nSPS) is 16.8. The predicted molar refractivity (Wildman–Crippen MR) is 68.9 cm³/mol. The fraction of sp³-hybridized carbons (Fsp3) is 0.500. The van der Waals surface area contributed by atoms with Gasteiger partial charge in [0, 0.05) is 19.1 Å². The van der Waals surface area contributed by atoms with E-state index in [1.165, 1.54) is 4.90 Å². The highest BCUT2D eigenvalue weighted by molar-refractivity contribution is 5.94. The van der Waals surface area contributed by atoms with Crippen molar-refractivity contribution in [1.82, 2.24) is 9.80 Å². The van der Waals surface area contributed by atoms with Crippen LogP contribution in [-0.4, -0.2) is 48.9 Å². The molecule has 1 heterocycles. The van der Waals surface area contributed by atoms with E-state index in [0.717, 1.165) is 25.0 Å². The molecule has 0 N–H and O–H groups in total. The number of carbonyl (C=O) groups is 1. The molecule has 1 aliphatic rings. The summed E-state index contributed by atoms with van der Waals surface area (Å²) in [4.78, 5) is 15.7. The largest absolute Gasteiger partial charge is 0.338 e. The van der Waals surface area contributed by atoms with E-state index < -0.39 is 28.9 Å². The molecule has 0 atom stereocenters. The third-order valence-electron chi connectivity index (χ3n) is 3.75. The Kier molecular flexibility index (Phi) is 4.32. The van der Waals surface area contributed by atoms with E-state index in [0.29, 0.717) is 19.1 Å². The van der Waals surface area contributed by atoms with E-state index in [9.17, 15) is 18.0 Å². The summed E-state index contributed by atoms with van der Waals surface area (Å²) in [5.74, 6) is -4.88. The summed E-state index contributed by atoms with van der Waals surface area (Å²) in [7, 11) is 3.94. The molecular weight excluding hydrogens is 269 g/mol. The number of nitrogens with zero attached hydrogens (tertiary/aromatic N) is 2. The standard InChI is InChI=1S/C14H17F3N2O/c1-18(2)9-5-7-19(8-6-9)14(20)10-3-4-11(15)13(17)12(10)16/h3-4,9H,5-8H2,1-2H3. The molecular formula is C14H17F3N2O. The van der Waals surface area contributed by atoms with Crippen LogP contribution in [0.15, 0.2) is 12.1 Å². The number of hydrogen-bond acceptors (Lipinski definition) is 2. The molecule has 3 nitrogen and oxygen atoms in total. The zero-order valence-electron chi connectivity index (χ0n) is 11.5. The van der Waals surface area contributed by atoms with Gasteiger partial charge in [-0.2, -0.15) is 0 Å². The molecule has 0 unspecified atom stereocenters. The van der Waals surface area contributed by atoms with Gasteiger partial charge in [0.1, 0.15) is 0 Å². The lowest BCUT2D eigenvalue weighted by molar-refractivity contribution is 0.0657. The van der Waals surface area contributed by atoms with Crippen molar-refractivity contribution < 1.29 is 18.0 Å². The van der Waals surface area contributed by atoms with Gasteiger partial charge in [0.2, 0.25) is 0 Å².